The number of aliphatic hydroxyl groups is 1. The minimum absolute atomic E-state index is 0.0712. The van der Waals surface area contributed by atoms with Gasteiger partial charge in [-0.15, -0.1) is 0 Å². The average Bonchev–Trinajstić information content (AvgIpc) is 2.44. The summed E-state index contributed by atoms with van der Waals surface area (Å²) in [6, 6.07) is 5.11. The topological polar surface area (TPSA) is 67.8 Å². The van der Waals surface area contributed by atoms with E-state index in [4.69, 9.17) is 9.47 Å². The standard InChI is InChI=1S/C15H23NO4/c1-11(2)6-7-16-15(18)10-20-14-8-13(19-3)5-4-12(14)9-17/h4-5,8,11,17H,6-7,9-10H2,1-3H3,(H,16,18). The number of carbonyl (C=O) groups excluding carboxylic acids is 1. The molecule has 0 saturated heterocycles. The Morgan fingerprint density at radius 3 is 2.75 bits per heavy atom. The highest BCUT2D eigenvalue weighted by atomic mass is 16.5. The summed E-state index contributed by atoms with van der Waals surface area (Å²) in [5.41, 5.74) is 0.626. The zero-order chi connectivity index (χ0) is 15.0. The van der Waals surface area contributed by atoms with Crippen molar-refractivity contribution in [2.24, 2.45) is 5.92 Å². The molecule has 0 spiro atoms. The molecule has 0 radical (unpaired) electrons. The van der Waals surface area contributed by atoms with Crippen LogP contribution in [0.1, 0.15) is 25.8 Å². The maximum atomic E-state index is 11.6. The number of aliphatic hydroxyl groups excluding tert-OH is 1. The van der Waals surface area contributed by atoms with Crippen molar-refractivity contribution >= 4 is 5.91 Å². The molecule has 0 heterocycles. The van der Waals surface area contributed by atoms with Crippen LogP contribution in [0.5, 0.6) is 11.5 Å². The lowest BCUT2D eigenvalue weighted by molar-refractivity contribution is -0.123. The van der Waals surface area contributed by atoms with E-state index >= 15 is 0 Å². The highest BCUT2D eigenvalue weighted by Crippen LogP contribution is 2.24. The Labute approximate surface area is 119 Å². The molecule has 1 aromatic rings. The van der Waals surface area contributed by atoms with Crippen molar-refractivity contribution in [2.45, 2.75) is 26.9 Å². The van der Waals surface area contributed by atoms with Gasteiger partial charge in [-0.2, -0.15) is 0 Å². The van der Waals surface area contributed by atoms with Crippen molar-refractivity contribution in [2.75, 3.05) is 20.3 Å². The van der Waals surface area contributed by atoms with E-state index in [9.17, 15) is 9.90 Å². The van der Waals surface area contributed by atoms with Crippen LogP contribution < -0.4 is 14.8 Å². The predicted molar refractivity (Wildman–Crippen MR) is 76.9 cm³/mol. The van der Waals surface area contributed by atoms with Gasteiger partial charge in [0.1, 0.15) is 11.5 Å². The Balaban J connectivity index is 2.49. The van der Waals surface area contributed by atoms with Crippen molar-refractivity contribution < 1.29 is 19.4 Å². The number of ether oxygens (including phenoxy) is 2. The average molecular weight is 281 g/mol. The number of carbonyl (C=O) groups is 1. The summed E-state index contributed by atoms with van der Waals surface area (Å²) in [7, 11) is 1.55. The van der Waals surface area contributed by atoms with Gasteiger partial charge in [-0.3, -0.25) is 4.79 Å². The van der Waals surface area contributed by atoms with E-state index in [1.807, 2.05) is 0 Å². The Morgan fingerprint density at radius 2 is 2.15 bits per heavy atom. The molecule has 1 rings (SSSR count). The maximum Gasteiger partial charge on any atom is 0.257 e. The van der Waals surface area contributed by atoms with Crippen LogP contribution in [0, 0.1) is 5.92 Å². The molecule has 0 aromatic heterocycles. The first-order chi connectivity index (χ1) is 9.56. The van der Waals surface area contributed by atoms with Gasteiger partial charge >= 0.3 is 0 Å². The second kappa shape index (κ2) is 8.43. The third kappa shape index (κ3) is 5.48. The fourth-order valence-electron chi connectivity index (χ4n) is 1.62. The van der Waals surface area contributed by atoms with Gasteiger partial charge in [0, 0.05) is 18.2 Å². The van der Waals surface area contributed by atoms with Gasteiger partial charge in [0.2, 0.25) is 0 Å². The van der Waals surface area contributed by atoms with E-state index in [2.05, 4.69) is 19.2 Å². The molecule has 0 aliphatic carbocycles. The lowest BCUT2D eigenvalue weighted by Gasteiger charge is -2.12. The third-order valence-electron chi connectivity index (χ3n) is 2.85. The molecule has 0 fully saturated rings. The Hall–Kier alpha value is -1.75. The fraction of sp³-hybridized carbons (Fsp3) is 0.533. The highest BCUT2D eigenvalue weighted by molar-refractivity contribution is 5.77. The largest absolute Gasteiger partial charge is 0.497 e. The molecule has 5 heteroatoms. The van der Waals surface area contributed by atoms with E-state index in [0.717, 1.165) is 6.42 Å². The zero-order valence-corrected chi connectivity index (χ0v) is 12.3. The minimum Gasteiger partial charge on any atom is -0.497 e. The molecule has 112 valence electrons. The molecular formula is C15H23NO4. The molecule has 0 atom stereocenters. The van der Waals surface area contributed by atoms with Crippen LogP contribution in [0.2, 0.25) is 0 Å². The molecule has 1 aromatic carbocycles. The summed E-state index contributed by atoms with van der Waals surface area (Å²) in [6.45, 7) is 4.64. The van der Waals surface area contributed by atoms with Crippen LogP contribution in [0.25, 0.3) is 0 Å². The maximum absolute atomic E-state index is 11.6. The number of nitrogens with one attached hydrogen (secondary N) is 1. The summed E-state index contributed by atoms with van der Waals surface area (Å²) >= 11 is 0. The number of methoxy groups -OCH3 is 1. The van der Waals surface area contributed by atoms with Gasteiger partial charge in [-0.1, -0.05) is 13.8 Å². The summed E-state index contributed by atoms with van der Waals surface area (Å²) in [4.78, 5) is 11.6. The third-order valence-corrected chi connectivity index (χ3v) is 2.85. The summed E-state index contributed by atoms with van der Waals surface area (Å²) in [5.74, 6) is 1.47. The van der Waals surface area contributed by atoms with Crippen LogP contribution >= 0.6 is 0 Å². The van der Waals surface area contributed by atoms with Gasteiger partial charge in [0.15, 0.2) is 6.61 Å². The van der Waals surface area contributed by atoms with Gasteiger partial charge in [0.05, 0.1) is 13.7 Å². The van der Waals surface area contributed by atoms with Crippen molar-refractivity contribution in [3.05, 3.63) is 23.8 Å². The smallest absolute Gasteiger partial charge is 0.257 e. The number of amides is 1. The Kier molecular flexibility index (Phi) is 6.87. The van der Waals surface area contributed by atoms with E-state index in [1.165, 1.54) is 0 Å². The van der Waals surface area contributed by atoms with Crippen molar-refractivity contribution in [3.63, 3.8) is 0 Å². The highest BCUT2D eigenvalue weighted by Gasteiger charge is 2.08. The molecular weight excluding hydrogens is 258 g/mol. The number of rotatable bonds is 8. The van der Waals surface area contributed by atoms with Crippen LogP contribution in [0.15, 0.2) is 18.2 Å². The molecule has 1 amide bonds. The Morgan fingerprint density at radius 1 is 1.40 bits per heavy atom. The normalized spacial score (nSPS) is 10.4. The summed E-state index contributed by atoms with van der Waals surface area (Å²) < 4.78 is 10.5. The Bertz CT molecular complexity index is 432. The van der Waals surface area contributed by atoms with Crippen LogP contribution in [-0.4, -0.2) is 31.3 Å². The fourth-order valence-corrected chi connectivity index (χ4v) is 1.62. The second-order valence-corrected chi connectivity index (χ2v) is 4.95. The summed E-state index contributed by atoms with van der Waals surface area (Å²) in [6.07, 6.45) is 0.937. The molecule has 2 N–H and O–H groups in total. The predicted octanol–water partition coefficient (Wildman–Crippen LogP) is 1.73. The molecule has 0 aliphatic heterocycles. The van der Waals surface area contributed by atoms with Gasteiger partial charge in [0.25, 0.3) is 5.91 Å². The second-order valence-electron chi connectivity index (χ2n) is 4.95. The first kappa shape index (κ1) is 16.3. The van der Waals surface area contributed by atoms with Crippen molar-refractivity contribution in [3.8, 4) is 11.5 Å². The van der Waals surface area contributed by atoms with Crippen LogP contribution in [0.4, 0.5) is 0 Å². The first-order valence-electron chi connectivity index (χ1n) is 6.74. The van der Waals surface area contributed by atoms with Gasteiger partial charge in [-0.05, 0) is 24.5 Å². The van der Waals surface area contributed by atoms with E-state index in [-0.39, 0.29) is 19.1 Å². The van der Waals surface area contributed by atoms with Crippen molar-refractivity contribution in [1.29, 1.82) is 0 Å². The lowest BCUT2D eigenvalue weighted by Crippen LogP contribution is -2.30. The van der Waals surface area contributed by atoms with Gasteiger partial charge in [-0.25, -0.2) is 0 Å². The van der Waals surface area contributed by atoms with Gasteiger partial charge < -0.3 is 19.9 Å². The quantitative estimate of drug-likeness (QED) is 0.761. The van der Waals surface area contributed by atoms with E-state index in [1.54, 1.807) is 25.3 Å². The van der Waals surface area contributed by atoms with Crippen LogP contribution in [0.3, 0.4) is 0 Å². The van der Waals surface area contributed by atoms with E-state index in [0.29, 0.717) is 29.5 Å². The minimum atomic E-state index is -0.169. The first-order valence-corrected chi connectivity index (χ1v) is 6.74. The molecule has 0 unspecified atom stereocenters. The monoisotopic (exact) mass is 281 g/mol. The molecule has 5 nitrogen and oxygen atoms in total. The summed E-state index contributed by atoms with van der Waals surface area (Å²) in [5, 5.41) is 12.0. The number of hydrogen-bond donors (Lipinski definition) is 2. The molecule has 0 aliphatic rings. The number of benzene rings is 1. The van der Waals surface area contributed by atoms with Crippen LogP contribution in [-0.2, 0) is 11.4 Å². The lowest BCUT2D eigenvalue weighted by atomic mass is 10.1. The molecule has 0 saturated carbocycles. The SMILES string of the molecule is COc1ccc(CO)c(OCC(=O)NCCC(C)C)c1. The number of hydrogen-bond acceptors (Lipinski definition) is 4. The zero-order valence-electron chi connectivity index (χ0n) is 12.3. The van der Waals surface area contributed by atoms with Crippen molar-refractivity contribution in [1.82, 2.24) is 5.32 Å². The molecule has 0 bridgehead atoms. The van der Waals surface area contributed by atoms with E-state index < -0.39 is 0 Å². The molecule has 20 heavy (non-hydrogen) atoms.